The van der Waals surface area contributed by atoms with E-state index in [1.165, 1.54) is 30.4 Å². The second-order valence-corrected chi connectivity index (χ2v) is 4.94. The van der Waals surface area contributed by atoms with Gasteiger partial charge in [-0.1, -0.05) is 5.57 Å². The van der Waals surface area contributed by atoms with Crippen molar-refractivity contribution in [3.05, 3.63) is 29.5 Å². The van der Waals surface area contributed by atoms with E-state index in [1.54, 1.807) is 12.7 Å². The molecule has 19 heavy (non-hydrogen) atoms. The summed E-state index contributed by atoms with van der Waals surface area (Å²) in [7, 11) is 1.63. The zero-order valence-corrected chi connectivity index (χ0v) is 11.5. The van der Waals surface area contributed by atoms with E-state index in [2.05, 4.69) is 11.1 Å². The van der Waals surface area contributed by atoms with Crippen molar-refractivity contribution in [2.45, 2.75) is 44.9 Å². The Kier molecular flexibility index (Phi) is 5.13. The predicted molar refractivity (Wildman–Crippen MR) is 76.1 cm³/mol. The monoisotopic (exact) mass is 259 g/mol. The SMILES string of the molecule is COc1ccc(C(CCCCC=O)=C2CCC2)cn1. The Bertz CT molecular complexity index is 442. The summed E-state index contributed by atoms with van der Waals surface area (Å²) in [5, 5.41) is 0. The van der Waals surface area contributed by atoms with Gasteiger partial charge in [0, 0.05) is 18.7 Å². The Morgan fingerprint density at radius 3 is 2.74 bits per heavy atom. The molecule has 1 aliphatic rings. The fraction of sp³-hybridized carbons (Fsp3) is 0.500. The minimum absolute atomic E-state index is 0.655. The van der Waals surface area contributed by atoms with Crippen molar-refractivity contribution in [3.8, 4) is 5.88 Å². The van der Waals surface area contributed by atoms with Gasteiger partial charge in [0.1, 0.15) is 6.29 Å². The number of unbranched alkanes of at least 4 members (excludes halogenated alkanes) is 2. The third kappa shape index (κ3) is 3.66. The molecule has 0 saturated heterocycles. The lowest BCUT2D eigenvalue weighted by molar-refractivity contribution is -0.107. The molecule has 0 bridgehead atoms. The van der Waals surface area contributed by atoms with Crippen molar-refractivity contribution in [2.24, 2.45) is 0 Å². The van der Waals surface area contributed by atoms with Crippen LogP contribution in [0.3, 0.4) is 0 Å². The van der Waals surface area contributed by atoms with Crippen LogP contribution in [0.1, 0.15) is 50.5 Å². The molecule has 0 unspecified atom stereocenters. The Morgan fingerprint density at radius 1 is 1.37 bits per heavy atom. The highest BCUT2D eigenvalue weighted by Crippen LogP contribution is 2.36. The first-order valence-corrected chi connectivity index (χ1v) is 7.00. The molecule has 1 fully saturated rings. The lowest BCUT2D eigenvalue weighted by atomic mass is 9.83. The molecule has 0 aromatic carbocycles. The van der Waals surface area contributed by atoms with Crippen molar-refractivity contribution < 1.29 is 9.53 Å². The Hall–Kier alpha value is -1.64. The molecule has 1 aromatic heterocycles. The highest BCUT2D eigenvalue weighted by Gasteiger charge is 2.16. The smallest absolute Gasteiger partial charge is 0.212 e. The second-order valence-electron chi connectivity index (χ2n) is 4.94. The molecule has 0 atom stereocenters. The van der Waals surface area contributed by atoms with Gasteiger partial charge in [-0.3, -0.25) is 0 Å². The highest BCUT2D eigenvalue weighted by molar-refractivity contribution is 5.69. The van der Waals surface area contributed by atoms with E-state index in [-0.39, 0.29) is 0 Å². The average molecular weight is 259 g/mol. The van der Waals surface area contributed by atoms with Crippen LogP contribution in [0.4, 0.5) is 0 Å². The molecule has 1 aliphatic carbocycles. The van der Waals surface area contributed by atoms with Crippen LogP contribution in [0.2, 0.25) is 0 Å². The van der Waals surface area contributed by atoms with Gasteiger partial charge in [0.2, 0.25) is 5.88 Å². The van der Waals surface area contributed by atoms with Gasteiger partial charge in [-0.25, -0.2) is 4.98 Å². The Labute approximate surface area is 114 Å². The number of hydrogen-bond donors (Lipinski definition) is 0. The van der Waals surface area contributed by atoms with Gasteiger partial charge in [-0.05, 0) is 55.7 Å². The predicted octanol–water partition coefficient (Wildman–Crippen LogP) is 3.79. The van der Waals surface area contributed by atoms with E-state index in [0.29, 0.717) is 12.3 Å². The summed E-state index contributed by atoms with van der Waals surface area (Å²) in [6.45, 7) is 0. The maximum absolute atomic E-state index is 10.4. The van der Waals surface area contributed by atoms with E-state index in [9.17, 15) is 4.79 Å². The maximum atomic E-state index is 10.4. The third-order valence-corrected chi connectivity index (χ3v) is 3.68. The summed E-state index contributed by atoms with van der Waals surface area (Å²) >= 11 is 0. The fourth-order valence-electron chi connectivity index (χ4n) is 2.39. The van der Waals surface area contributed by atoms with Gasteiger partial charge >= 0.3 is 0 Å². The standard InChI is InChI=1S/C16H21NO2/c1-19-16-10-9-14(12-17-16)15(13-6-5-7-13)8-3-2-4-11-18/h9-12H,2-8H2,1H3. The number of pyridine rings is 1. The molecule has 0 spiro atoms. The van der Waals surface area contributed by atoms with Gasteiger partial charge in [-0.2, -0.15) is 0 Å². The van der Waals surface area contributed by atoms with E-state index < -0.39 is 0 Å². The van der Waals surface area contributed by atoms with E-state index in [4.69, 9.17) is 4.74 Å². The summed E-state index contributed by atoms with van der Waals surface area (Å²) in [4.78, 5) is 14.6. The van der Waals surface area contributed by atoms with Crippen LogP contribution in [0.5, 0.6) is 5.88 Å². The van der Waals surface area contributed by atoms with Crippen LogP contribution < -0.4 is 4.74 Å². The van der Waals surface area contributed by atoms with Gasteiger partial charge in [-0.15, -0.1) is 0 Å². The summed E-state index contributed by atoms with van der Waals surface area (Å²) in [5.41, 5.74) is 4.21. The number of ether oxygens (including phenoxy) is 1. The quantitative estimate of drug-likeness (QED) is 0.552. The molecule has 3 nitrogen and oxygen atoms in total. The van der Waals surface area contributed by atoms with E-state index >= 15 is 0 Å². The van der Waals surface area contributed by atoms with Crippen molar-refractivity contribution in [2.75, 3.05) is 7.11 Å². The minimum atomic E-state index is 0.655. The van der Waals surface area contributed by atoms with Gasteiger partial charge in [0.25, 0.3) is 0 Å². The number of carbonyl (C=O) groups excluding carboxylic acids is 1. The number of aromatic nitrogens is 1. The van der Waals surface area contributed by atoms with Crippen LogP contribution in [-0.2, 0) is 4.79 Å². The maximum Gasteiger partial charge on any atom is 0.212 e. The van der Waals surface area contributed by atoms with Crippen LogP contribution in [0.15, 0.2) is 23.9 Å². The molecule has 0 amide bonds. The number of carbonyl (C=O) groups is 1. The molecular formula is C16H21NO2. The topological polar surface area (TPSA) is 39.2 Å². The first-order chi connectivity index (χ1) is 9.35. The van der Waals surface area contributed by atoms with Gasteiger partial charge in [0.05, 0.1) is 7.11 Å². The van der Waals surface area contributed by atoms with Crippen LogP contribution >= 0.6 is 0 Å². The molecule has 0 aliphatic heterocycles. The molecular weight excluding hydrogens is 238 g/mol. The van der Waals surface area contributed by atoms with Gasteiger partial charge < -0.3 is 9.53 Å². The molecule has 1 saturated carbocycles. The summed E-state index contributed by atoms with van der Waals surface area (Å²) < 4.78 is 5.10. The van der Waals surface area contributed by atoms with E-state index in [1.807, 2.05) is 12.3 Å². The molecule has 102 valence electrons. The van der Waals surface area contributed by atoms with Gasteiger partial charge in [0.15, 0.2) is 0 Å². The second kappa shape index (κ2) is 7.07. The largest absolute Gasteiger partial charge is 0.481 e. The number of nitrogens with zero attached hydrogens (tertiary/aromatic N) is 1. The van der Waals surface area contributed by atoms with Crippen LogP contribution in [0.25, 0.3) is 5.57 Å². The number of methoxy groups -OCH3 is 1. The summed E-state index contributed by atoms with van der Waals surface area (Å²) in [6, 6.07) is 4.01. The van der Waals surface area contributed by atoms with Crippen molar-refractivity contribution in [1.82, 2.24) is 4.98 Å². The summed E-state index contributed by atoms with van der Waals surface area (Å²) in [6.07, 6.45) is 10.4. The average Bonchev–Trinajstić information content (AvgIpc) is 2.40. The molecule has 3 heteroatoms. The minimum Gasteiger partial charge on any atom is -0.481 e. The van der Waals surface area contributed by atoms with Crippen LogP contribution in [0, 0.1) is 0 Å². The highest BCUT2D eigenvalue weighted by atomic mass is 16.5. The number of aldehydes is 1. The normalized spacial score (nSPS) is 13.8. The zero-order valence-electron chi connectivity index (χ0n) is 11.5. The third-order valence-electron chi connectivity index (χ3n) is 3.68. The van der Waals surface area contributed by atoms with Crippen molar-refractivity contribution >= 4 is 11.9 Å². The van der Waals surface area contributed by atoms with E-state index in [0.717, 1.165) is 25.5 Å². The fourth-order valence-corrected chi connectivity index (χ4v) is 2.39. The lowest BCUT2D eigenvalue weighted by Gasteiger charge is -2.22. The molecule has 1 heterocycles. The number of hydrogen-bond acceptors (Lipinski definition) is 3. The number of rotatable bonds is 7. The van der Waals surface area contributed by atoms with Crippen molar-refractivity contribution in [3.63, 3.8) is 0 Å². The zero-order chi connectivity index (χ0) is 13.5. The molecule has 0 radical (unpaired) electrons. The van der Waals surface area contributed by atoms with Crippen molar-refractivity contribution in [1.29, 1.82) is 0 Å². The molecule has 0 N–H and O–H groups in total. The molecule has 2 rings (SSSR count). The molecule has 1 aromatic rings. The first kappa shape index (κ1) is 13.8. The first-order valence-electron chi connectivity index (χ1n) is 7.00. The number of allylic oxidation sites excluding steroid dienone is 2. The Morgan fingerprint density at radius 2 is 2.21 bits per heavy atom. The van der Waals surface area contributed by atoms with Crippen LogP contribution in [-0.4, -0.2) is 18.4 Å². The Balaban J connectivity index is 2.06. The summed E-state index contributed by atoms with van der Waals surface area (Å²) in [5.74, 6) is 0.655. The lowest BCUT2D eigenvalue weighted by Crippen LogP contribution is -2.02.